The fourth-order valence-corrected chi connectivity index (χ4v) is 2.59. The van der Waals surface area contributed by atoms with Crippen molar-refractivity contribution in [2.45, 2.75) is 19.8 Å². The van der Waals surface area contributed by atoms with E-state index < -0.39 is 0 Å². The maximum atomic E-state index is 11.9. The lowest BCUT2D eigenvalue weighted by molar-refractivity contribution is -0.118. The lowest BCUT2D eigenvalue weighted by Gasteiger charge is -2.28. The Morgan fingerprint density at radius 2 is 2.14 bits per heavy atom. The van der Waals surface area contributed by atoms with Crippen LogP contribution in [0.25, 0.3) is 0 Å². The first-order valence-electron chi connectivity index (χ1n) is 7.15. The monoisotopic (exact) mass is 293 g/mol. The Morgan fingerprint density at radius 3 is 2.82 bits per heavy atom. The van der Waals surface area contributed by atoms with Crippen LogP contribution in [0, 0.1) is 11.3 Å². The van der Waals surface area contributed by atoms with E-state index in [1.165, 1.54) is 0 Å². The number of amides is 1. The number of aryl methyl sites for hydroxylation is 1. The average Bonchev–Trinajstić information content (AvgIpc) is 2.55. The molecular weight excluding hydrogens is 278 g/mol. The van der Waals surface area contributed by atoms with Crippen LogP contribution in [0.2, 0.25) is 0 Å². The van der Waals surface area contributed by atoms with Gasteiger partial charge in [0.25, 0.3) is 0 Å². The molecule has 6 heteroatoms. The molecule has 1 aliphatic heterocycles. The number of hydrogen-bond acceptors (Lipinski definition) is 5. The predicted octanol–water partition coefficient (Wildman–Crippen LogP) is 2.39. The number of nitrogens with one attached hydrogen (secondary N) is 1. The number of nitrogens with zero attached hydrogens (tertiary/aromatic N) is 4. The number of nitriles is 1. The summed E-state index contributed by atoms with van der Waals surface area (Å²) in [4.78, 5) is 13.7. The zero-order chi connectivity index (χ0) is 15.5. The molecule has 0 spiro atoms. The van der Waals surface area contributed by atoms with Gasteiger partial charge in [-0.15, -0.1) is 10.2 Å². The van der Waals surface area contributed by atoms with Crippen molar-refractivity contribution in [1.82, 2.24) is 10.2 Å². The highest BCUT2D eigenvalue weighted by molar-refractivity contribution is 5.96. The van der Waals surface area contributed by atoms with Crippen LogP contribution in [0.4, 0.5) is 17.2 Å². The summed E-state index contributed by atoms with van der Waals surface area (Å²) in [7, 11) is 0. The predicted molar refractivity (Wildman–Crippen MR) is 82.8 cm³/mol. The molecule has 0 bridgehead atoms. The Kier molecular flexibility index (Phi) is 3.71. The second-order valence-corrected chi connectivity index (χ2v) is 5.02. The molecule has 1 aliphatic rings. The van der Waals surface area contributed by atoms with Gasteiger partial charge in [0.2, 0.25) is 5.91 Å². The summed E-state index contributed by atoms with van der Waals surface area (Å²) in [5.41, 5.74) is 3.31. The standard InChI is InChI=1S/C16H15N5O/c1-2-21-14-6-4-12(9-11(14)3-8-16(21)22)18-15-7-5-13(10-17)19-20-15/h4-7,9H,2-3,8H2,1H3,(H,18,20). The van der Waals surface area contributed by atoms with Crippen molar-refractivity contribution < 1.29 is 4.79 Å². The molecule has 0 atom stereocenters. The highest BCUT2D eigenvalue weighted by atomic mass is 16.2. The summed E-state index contributed by atoms with van der Waals surface area (Å²) in [6.07, 6.45) is 1.29. The topological polar surface area (TPSA) is 81.9 Å². The summed E-state index contributed by atoms with van der Waals surface area (Å²) < 4.78 is 0. The third-order valence-electron chi connectivity index (χ3n) is 3.65. The summed E-state index contributed by atoms with van der Waals surface area (Å²) in [5.74, 6) is 0.756. The van der Waals surface area contributed by atoms with Crippen LogP contribution < -0.4 is 10.2 Å². The van der Waals surface area contributed by atoms with Gasteiger partial charge in [-0.1, -0.05) is 0 Å². The molecule has 0 saturated heterocycles. The van der Waals surface area contributed by atoms with E-state index in [1.54, 1.807) is 12.1 Å². The van der Waals surface area contributed by atoms with Crippen LogP contribution >= 0.6 is 0 Å². The van der Waals surface area contributed by atoms with Crippen molar-refractivity contribution >= 4 is 23.1 Å². The molecule has 6 nitrogen and oxygen atoms in total. The molecule has 0 aliphatic carbocycles. The third kappa shape index (κ3) is 2.61. The second-order valence-electron chi connectivity index (χ2n) is 5.02. The number of rotatable bonds is 3. The number of hydrogen-bond donors (Lipinski definition) is 1. The Hall–Kier alpha value is -2.94. The number of carbonyl (C=O) groups is 1. The number of benzene rings is 1. The quantitative estimate of drug-likeness (QED) is 0.939. The van der Waals surface area contributed by atoms with Crippen molar-refractivity contribution in [2.24, 2.45) is 0 Å². The van der Waals surface area contributed by atoms with Gasteiger partial charge < -0.3 is 10.2 Å². The number of fused-ring (bicyclic) bond motifs is 1. The SMILES string of the molecule is CCN1C(=O)CCc2cc(Nc3ccc(C#N)nn3)ccc21. The first kappa shape index (κ1) is 14.0. The Morgan fingerprint density at radius 1 is 1.27 bits per heavy atom. The van der Waals surface area contributed by atoms with E-state index in [1.807, 2.05) is 36.1 Å². The van der Waals surface area contributed by atoms with E-state index in [4.69, 9.17) is 5.26 Å². The Balaban J connectivity index is 1.84. The molecule has 1 amide bonds. The smallest absolute Gasteiger partial charge is 0.227 e. The van der Waals surface area contributed by atoms with Gasteiger partial charge in [-0.05, 0) is 49.2 Å². The van der Waals surface area contributed by atoms with E-state index >= 15 is 0 Å². The minimum Gasteiger partial charge on any atom is -0.339 e. The van der Waals surface area contributed by atoms with Gasteiger partial charge in [-0.2, -0.15) is 5.26 Å². The molecule has 0 fully saturated rings. The summed E-state index contributed by atoms with van der Waals surface area (Å²) in [6.45, 7) is 2.66. The van der Waals surface area contributed by atoms with Gasteiger partial charge >= 0.3 is 0 Å². The maximum Gasteiger partial charge on any atom is 0.227 e. The van der Waals surface area contributed by atoms with Crippen molar-refractivity contribution in [2.75, 3.05) is 16.8 Å². The van der Waals surface area contributed by atoms with Gasteiger partial charge in [0.15, 0.2) is 11.5 Å². The molecule has 0 radical (unpaired) electrons. The molecule has 0 unspecified atom stereocenters. The van der Waals surface area contributed by atoms with Crippen LogP contribution in [-0.4, -0.2) is 22.6 Å². The summed E-state index contributed by atoms with van der Waals surface area (Å²) in [6, 6.07) is 11.2. The maximum absolute atomic E-state index is 11.9. The molecule has 110 valence electrons. The van der Waals surface area contributed by atoms with Crippen molar-refractivity contribution in [3.63, 3.8) is 0 Å². The first-order chi connectivity index (χ1) is 10.7. The average molecular weight is 293 g/mol. The minimum absolute atomic E-state index is 0.175. The molecule has 1 aromatic carbocycles. The van der Waals surface area contributed by atoms with Crippen molar-refractivity contribution in [3.8, 4) is 6.07 Å². The normalized spacial score (nSPS) is 13.5. The molecular formula is C16H15N5O. The van der Waals surface area contributed by atoms with Crippen LogP contribution in [-0.2, 0) is 11.2 Å². The number of aromatic nitrogens is 2. The van der Waals surface area contributed by atoms with E-state index in [9.17, 15) is 4.79 Å². The largest absolute Gasteiger partial charge is 0.339 e. The van der Waals surface area contributed by atoms with Crippen molar-refractivity contribution in [3.05, 3.63) is 41.6 Å². The summed E-state index contributed by atoms with van der Waals surface area (Å²) in [5, 5.41) is 19.6. The van der Waals surface area contributed by atoms with Crippen LogP contribution in [0.1, 0.15) is 24.6 Å². The molecule has 2 aromatic rings. The fourth-order valence-electron chi connectivity index (χ4n) is 2.59. The molecule has 0 saturated carbocycles. The lowest BCUT2D eigenvalue weighted by Crippen LogP contribution is -2.34. The van der Waals surface area contributed by atoms with Gasteiger partial charge in [0.05, 0.1) is 0 Å². The van der Waals surface area contributed by atoms with Gasteiger partial charge in [0, 0.05) is 24.3 Å². The second kappa shape index (κ2) is 5.82. The van der Waals surface area contributed by atoms with E-state index in [-0.39, 0.29) is 11.6 Å². The summed E-state index contributed by atoms with van der Waals surface area (Å²) >= 11 is 0. The third-order valence-corrected chi connectivity index (χ3v) is 3.65. The van der Waals surface area contributed by atoms with E-state index in [2.05, 4.69) is 15.5 Å². The minimum atomic E-state index is 0.175. The van der Waals surface area contributed by atoms with E-state index in [0.29, 0.717) is 18.8 Å². The van der Waals surface area contributed by atoms with Gasteiger partial charge in [-0.25, -0.2) is 0 Å². The first-order valence-corrected chi connectivity index (χ1v) is 7.15. The highest BCUT2D eigenvalue weighted by Gasteiger charge is 2.22. The Bertz CT molecular complexity index is 748. The Labute approximate surface area is 128 Å². The van der Waals surface area contributed by atoms with Crippen LogP contribution in [0.3, 0.4) is 0 Å². The lowest BCUT2D eigenvalue weighted by atomic mass is 10.0. The van der Waals surface area contributed by atoms with E-state index in [0.717, 1.165) is 23.4 Å². The fraction of sp³-hybridized carbons (Fsp3) is 0.250. The zero-order valence-corrected chi connectivity index (χ0v) is 12.2. The number of anilines is 3. The number of carbonyl (C=O) groups excluding carboxylic acids is 1. The highest BCUT2D eigenvalue weighted by Crippen LogP contribution is 2.30. The zero-order valence-electron chi connectivity index (χ0n) is 12.2. The molecule has 1 aromatic heterocycles. The van der Waals surface area contributed by atoms with Crippen LogP contribution in [0.15, 0.2) is 30.3 Å². The molecule has 3 rings (SSSR count). The van der Waals surface area contributed by atoms with Crippen LogP contribution in [0.5, 0.6) is 0 Å². The molecule has 1 N–H and O–H groups in total. The van der Waals surface area contributed by atoms with Gasteiger partial charge in [0.1, 0.15) is 6.07 Å². The van der Waals surface area contributed by atoms with Crippen molar-refractivity contribution in [1.29, 1.82) is 5.26 Å². The molecule has 22 heavy (non-hydrogen) atoms. The van der Waals surface area contributed by atoms with Gasteiger partial charge in [-0.3, -0.25) is 4.79 Å². The molecule has 2 heterocycles.